The number of nitrogens with two attached hydrogens (primary N) is 1. The molecule has 0 rings (SSSR count). The van der Waals surface area contributed by atoms with E-state index in [4.69, 9.17) is 4.79 Å². The molecule has 0 fully saturated rings. The number of allylic oxidation sites excluding steroid dienone is 4. The van der Waals surface area contributed by atoms with Gasteiger partial charge >= 0.3 is 0 Å². The van der Waals surface area contributed by atoms with E-state index in [1.165, 1.54) is 37.7 Å². The molecular weight excluding hydrogens is 222 g/mol. The first kappa shape index (κ1) is 21.9. The van der Waals surface area contributed by atoms with Gasteiger partial charge in [0.25, 0.3) is 0 Å². The summed E-state index contributed by atoms with van der Waals surface area (Å²) >= 11 is 0. The predicted octanol–water partition coefficient (Wildman–Crippen LogP) is 4.77. The van der Waals surface area contributed by atoms with Gasteiger partial charge in [0.05, 0.1) is 0 Å². The lowest BCUT2D eigenvalue weighted by molar-refractivity contribution is -0.106. The second-order valence-corrected chi connectivity index (χ2v) is 3.55. The molecule has 0 aromatic carbocycles. The van der Waals surface area contributed by atoms with E-state index in [0.29, 0.717) is 0 Å². The summed E-state index contributed by atoms with van der Waals surface area (Å²) in [5, 5.41) is 0. The predicted molar refractivity (Wildman–Crippen MR) is 83.5 cm³/mol. The van der Waals surface area contributed by atoms with Crippen LogP contribution in [0.4, 0.5) is 0 Å². The van der Waals surface area contributed by atoms with E-state index in [2.05, 4.69) is 25.8 Å². The van der Waals surface area contributed by atoms with Gasteiger partial charge in [-0.05, 0) is 12.8 Å². The van der Waals surface area contributed by atoms with Gasteiger partial charge in [0, 0.05) is 0 Å². The average Bonchev–Trinajstić information content (AvgIpc) is 2.39. The van der Waals surface area contributed by atoms with Gasteiger partial charge in [-0.15, -0.1) is 0 Å². The van der Waals surface area contributed by atoms with Gasteiger partial charge in [-0.3, -0.25) is 4.79 Å². The maximum Gasteiger partial charge on any atom is 0.204 e. The maximum atomic E-state index is 8.58. The summed E-state index contributed by atoms with van der Waals surface area (Å²) in [5.74, 6) is 0. The van der Waals surface area contributed by atoms with Gasteiger partial charge in [-0.25, -0.2) is 0 Å². The summed E-state index contributed by atoms with van der Waals surface area (Å²) in [4.78, 5) is 8.58. The molecule has 2 heteroatoms. The Morgan fingerprint density at radius 1 is 1.17 bits per heavy atom. The molecule has 0 bridgehead atoms. The van der Waals surface area contributed by atoms with Crippen molar-refractivity contribution in [3.05, 3.63) is 37.0 Å². The highest BCUT2D eigenvalue weighted by molar-refractivity contribution is 5.42. The topological polar surface area (TPSA) is 43.1 Å². The Hall–Kier alpha value is -1.31. The van der Waals surface area contributed by atoms with Crippen molar-refractivity contribution < 1.29 is 4.79 Å². The SMILES string of the molecule is C=C/C=C\C(=C)CCCCCCC.CC.NC=O. The van der Waals surface area contributed by atoms with Crippen LogP contribution in [0.2, 0.25) is 0 Å². The van der Waals surface area contributed by atoms with Crippen LogP contribution in [0.25, 0.3) is 0 Å². The number of primary amides is 1. The van der Waals surface area contributed by atoms with E-state index in [0.717, 1.165) is 6.42 Å². The number of amides is 1. The fourth-order valence-electron chi connectivity index (χ4n) is 1.24. The summed E-state index contributed by atoms with van der Waals surface area (Å²) < 4.78 is 0. The van der Waals surface area contributed by atoms with Crippen LogP contribution in [-0.2, 0) is 4.79 Å². The molecular formula is C16H31NO. The normalized spacial score (nSPS) is 8.61. The second kappa shape index (κ2) is 24.8. The lowest BCUT2D eigenvalue weighted by Crippen LogP contribution is -1.82. The zero-order chi connectivity index (χ0) is 14.6. The fraction of sp³-hybridized carbons (Fsp3) is 0.562. The number of carbonyl (C=O) groups excluding carboxylic acids is 1. The number of rotatable bonds is 8. The second-order valence-electron chi connectivity index (χ2n) is 3.55. The highest BCUT2D eigenvalue weighted by atomic mass is 16.1. The smallest absolute Gasteiger partial charge is 0.204 e. The summed E-state index contributed by atoms with van der Waals surface area (Å²) in [6.45, 7) is 13.8. The molecule has 0 heterocycles. The number of carbonyl (C=O) groups is 1. The van der Waals surface area contributed by atoms with E-state index >= 15 is 0 Å². The zero-order valence-electron chi connectivity index (χ0n) is 12.5. The van der Waals surface area contributed by atoms with Crippen LogP contribution in [0, 0.1) is 0 Å². The van der Waals surface area contributed by atoms with Crippen molar-refractivity contribution in [3.63, 3.8) is 0 Å². The van der Waals surface area contributed by atoms with Crippen molar-refractivity contribution in [3.8, 4) is 0 Å². The van der Waals surface area contributed by atoms with Crippen LogP contribution < -0.4 is 5.73 Å². The molecule has 0 aliphatic rings. The van der Waals surface area contributed by atoms with E-state index in [9.17, 15) is 0 Å². The minimum absolute atomic E-state index is 0.250. The van der Waals surface area contributed by atoms with Gasteiger partial charge in [-0.2, -0.15) is 0 Å². The first-order valence-electron chi connectivity index (χ1n) is 6.85. The largest absolute Gasteiger partial charge is 0.372 e. The average molecular weight is 253 g/mol. The van der Waals surface area contributed by atoms with E-state index in [-0.39, 0.29) is 6.41 Å². The van der Waals surface area contributed by atoms with Crippen molar-refractivity contribution in [2.45, 2.75) is 59.3 Å². The van der Waals surface area contributed by atoms with E-state index in [1.54, 1.807) is 6.08 Å². The Bertz CT molecular complexity index is 207. The molecule has 2 N–H and O–H groups in total. The summed E-state index contributed by atoms with van der Waals surface area (Å²) in [5.41, 5.74) is 5.39. The van der Waals surface area contributed by atoms with Crippen LogP contribution in [0.5, 0.6) is 0 Å². The van der Waals surface area contributed by atoms with Crippen molar-refractivity contribution in [1.29, 1.82) is 0 Å². The maximum absolute atomic E-state index is 8.58. The molecule has 0 aliphatic heterocycles. The molecule has 0 aliphatic carbocycles. The number of hydrogen-bond donors (Lipinski definition) is 1. The standard InChI is InChI=1S/C13H22.C2H6.CH3NO/c1-4-6-8-9-10-12-13(3)11-7-5-2;1-2;2-1-3/h5,7,11H,2-4,6,8-10,12H2,1H3;1-2H3;1H,(H2,2,3)/b11-7-;;. The van der Waals surface area contributed by atoms with Crippen LogP contribution in [0.3, 0.4) is 0 Å². The molecule has 0 saturated heterocycles. The molecule has 0 aromatic rings. The summed E-state index contributed by atoms with van der Waals surface area (Å²) in [6, 6.07) is 0. The van der Waals surface area contributed by atoms with Crippen LogP contribution in [-0.4, -0.2) is 6.41 Å². The molecule has 1 amide bonds. The minimum Gasteiger partial charge on any atom is -0.372 e. The minimum atomic E-state index is 0.250. The number of unbranched alkanes of at least 4 members (excludes halogenated alkanes) is 4. The highest BCUT2D eigenvalue weighted by Crippen LogP contribution is 2.10. The molecule has 0 aromatic heterocycles. The molecule has 0 saturated carbocycles. The van der Waals surface area contributed by atoms with Crippen molar-refractivity contribution in [2.75, 3.05) is 0 Å². The lowest BCUT2D eigenvalue weighted by Gasteiger charge is -1.99. The molecule has 106 valence electrons. The summed E-state index contributed by atoms with van der Waals surface area (Å²) in [7, 11) is 0. The van der Waals surface area contributed by atoms with Crippen molar-refractivity contribution in [2.24, 2.45) is 5.73 Å². The Kier molecular flexibility index (Phi) is 30.2. The van der Waals surface area contributed by atoms with Crippen LogP contribution in [0.1, 0.15) is 59.3 Å². The Morgan fingerprint density at radius 3 is 2.11 bits per heavy atom. The highest BCUT2D eigenvalue weighted by Gasteiger charge is 1.90. The van der Waals surface area contributed by atoms with E-state index < -0.39 is 0 Å². The lowest BCUT2D eigenvalue weighted by atomic mass is 10.1. The van der Waals surface area contributed by atoms with Gasteiger partial charge in [0.2, 0.25) is 6.41 Å². The molecule has 0 radical (unpaired) electrons. The van der Waals surface area contributed by atoms with E-state index in [1.807, 2.05) is 26.0 Å². The van der Waals surface area contributed by atoms with Crippen LogP contribution in [0.15, 0.2) is 37.0 Å². The third kappa shape index (κ3) is 29.3. The Labute approximate surface area is 114 Å². The van der Waals surface area contributed by atoms with Crippen molar-refractivity contribution >= 4 is 6.41 Å². The third-order valence-corrected chi connectivity index (χ3v) is 2.07. The molecule has 0 atom stereocenters. The van der Waals surface area contributed by atoms with Crippen LogP contribution >= 0.6 is 0 Å². The first-order chi connectivity index (χ1) is 8.72. The Morgan fingerprint density at radius 2 is 1.67 bits per heavy atom. The molecule has 0 unspecified atom stereocenters. The van der Waals surface area contributed by atoms with Crippen molar-refractivity contribution in [1.82, 2.24) is 0 Å². The third-order valence-electron chi connectivity index (χ3n) is 2.07. The van der Waals surface area contributed by atoms with Gasteiger partial charge in [0.1, 0.15) is 0 Å². The van der Waals surface area contributed by atoms with Gasteiger partial charge < -0.3 is 5.73 Å². The quantitative estimate of drug-likeness (QED) is 0.378. The summed E-state index contributed by atoms with van der Waals surface area (Å²) in [6.07, 6.45) is 13.9. The monoisotopic (exact) mass is 253 g/mol. The van der Waals surface area contributed by atoms with Gasteiger partial charge in [-0.1, -0.05) is 83.4 Å². The molecule has 0 spiro atoms. The zero-order valence-corrected chi connectivity index (χ0v) is 12.5. The molecule has 18 heavy (non-hydrogen) atoms. The molecule has 2 nitrogen and oxygen atoms in total. The Balaban J connectivity index is -0.000000389. The fourth-order valence-corrected chi connectivity index (χ4v) is 1.24. The van der Waals surface area contributed by atoms with Gasteiger partial charge in [0.15, 0.2) is 0 Å². The first-order valence-corrected chi connectivity index (χ1v) is 6.85. The number of hydrogen-bond acceptors (Lipinski definition) is 1.